The average Bonchev–Trinajstić information content (AvgIpc) is 3.34. The SMILES string of the molecule is CC(c1ccc(Cl)cc1Cl)n1nc(C#N)c2ncc(N3CC(C4CCCN(CCS(=O)(=O)N5CCOCC5)C4)C3)nc21. The monoisotopic (exact) mass is 632 g/mol. The number of fused-ring (bicyclic) bond motifs is 1. The van der Waals surface area contributed by atoms with Crippen molar-refractivity contribution in [2.45, 2.75) is 25.8 Å². The summed E-state index contributed by atoms with van der Waals surface area (Å²) in [6, 6.07) is 7.19. The number of ether oxygens (including phenoxy) is 1. The molecule has 14 heteroatoms. The summed E-state index contributed by atoms with van der Waals surface area (Å²) in [7, 11) is -3.26. The van der Waals surface area contributed by atoms with E-state index in [1.54, 1.807) is 27.3 Å². The summed E-state index contributed by atoms with van der Waals surface area (Å²) in [6.45, 7) is 7.94. The Morgan fingerprint density at radius 2 is 1.93 bits per heavy atom. The number of nitrogens with zero attached hydrogens (tertiary/aromatic N) is 8. The molecule has 3 fully saturated rings. The topological polar surface area (TPSA) is 120 Å². The predicted molar refractivity (Wildman–Crippen MR) is 161 cm³/mol. The average molecular weight is 634 g/mol. The van der Waals surface area contributed by atoms with Crippen molar-refractivity contribution < 1.29 is 13.2 Å². The van der Waals surface area contributed by atoms with E-state index in [9.17, 15) is 13.7 Å². The van der Waals surface area contributed by atoms with Crippen molar-refractivity contribution in [3.63, 3.8) is 0 Å². The Hall–Kier alpha value is -2.53. The smallest absolute Gasteiger partial charge is 0.215 e. The molecule has 3 saturated heterocycles. The van der Waals surface area contributed by atoms with Crippen LogP contribution in [0.25, 0.3) is 11.2 Å². The molecule has 0 N–H and O–H groups in total. The molecule has 6 rings (SSSR count). The number of rotatable bonds is 8. The molecule has 3 aliphatic rings. The second-order valence-corrected chi connectivity index (χ2v) is 14.3. The van der Waals surface area contributed by atoms with Crippen molar-refractivity contribution in [2.75, 3.05) is 69.7 Å². The summed E-state index contributed by atoms with van der Waals surface area (Å²) in [5, 5.41) is 15.3. The van der Waals surface area contributed by atoms with Crippen molar-refractivity contribution in [1.82, 2.24) is 29.0 Å². The highest BCUT2D eigenvalue weighted by Gasteiger charge is 2.37. The third-order valence-corrected chi connectivity index (χ3v) is 11.2. The first-order valence-electron chi connectivity index (χ1n) is 14.4. The maximum Gasteiger partial charge on any atom is 0.215 e. The third kappa shape index (κ3) is 5.96. The molecule has 2 atom stereocenters. The molecule has 0 amide bonds. The van der Waals surface area contributed by atoms with Gasteiger partial charge in [-0.15, -0.1) is 0 Å². The molecule has 11 nitrogen and oxygen atoms in total. The minimum atomic E-state index is -3.26. The highest BCUT2D eigenvalue weighted by molar-refractivity contribution is 7.89. The number of anilines is 1. The molecule has 42 heavy (non-hydrogen) atoms. The Bertz CT molecular complexity index is 1600. The van der Waals surface area contributed by atoms with Crippen LogP contribution in [0.5, 0.6) is 0 Å². The van der Waals surface area contributed by atoms with E-state index in [0.29, 0.717) is 65.9 Å². The van der Waals surface area contributed by atoms with Crippen molar-refractivity contribution in [1.29, 1.82) is 5.26 Å². The molecule has 1 aromatic carbocycles. The maximum atomic E-state index is 12.8. The summed E-state index contributed by atoms with van der Waals surface area (Å²) < 4.78 is 34.2. The van der Waals surface area contributed by atoms with Crippen LogP contribution in [-0.4, -0.2) is 102 Å². The van der Waals surface area contributed by atoms with Crippen LogP contribution >= 0.6 is 23.2 Å². The fourth-order valence-corrected chi connectivity index (χ4v) is 8.26. The van der Waals surface area contributed by atoms with E-state index < -0.39 is 10.0 Å². The van der Waals surface area contributed by atoms with Gasteiger partial charge in [-0.3, -0.25) is 0 Å². The predicted octanol–water partition coefficient (Wildman–Crippen LogP) is 3.42. The van der Waals surface area contributed by atoms with Crippen molar-refractivity contribution in [3.05, 3.63) is 45.7 Å². The van der Waals surface area contributed by atoms with Crippen LogP contribution in [0.1, 0.15) is 37.1 Å². The Morgan fingerprint density at radius 3 is 2.67 bits per heavy atom. The van der Waals surface area contributed by atoms with Crippen molar-refractivity contribution in [2.24, 2.45) is 11.8 Å². The number of halogens is 2. The zero-order valence-electron chi connectivity index (χ0n) is 23.5. The number of hydrogen-bond donors (Lipinski definition) is 0. The lowest BCUT2D eigenvalue weighted by Crippen LogP contribution is -2.54. The van der Waals surface area contributed by atoms with Gasteiger partial charge in [-0.2, -0.15) is 14.7 Å². The van der Waals surface area contributed by atoms with Gasteiger partial charge in [0, 0.05) is 49.3 Å². The van der Waals surface area contributed by atoms with E-state index in [2.05, 4.69) is 26.0 Å². The number of morpholine rings is 1. The molecule has 224 valence electrons. The summed E-state index contributed by atoms with van der Waals surface area (Å²) in [5.41, 5.74) is 2.05. The lowest BCUT2D eigenvalue weighted by molar-refractivity contribution is 0.0726. The highest BCUT2D eigenvalue weighted by atomic mass is 35.5. The number of likely N-dealkylation sites (tertiary alicyclic amines) is 1. The van der Waals surface area contributed by atoms with Crippen LogP contribution in [0.2, 0.25) is 10.0 Å². The minimum absolute atomic E-state index is 0.157. The minimum Gasteiger partial charge on any atom is -0.379 e. The van der Waals surface area contributed by atoms with Gasteiger partial charge in [-0.1, -0.05) is 29.3 Å². The number of benzene rings is 1. The quantitative estimate of drug-likeness (QED) is 0.368. The molecule has 0 saturated carbocycles. The second-order valence-electron chi connectivity index (χ2n) is 11.3. The fourth-order valence-electron chi connectivity index (χ4n) is 6.24. The molecule has 2 aromatic heterocycles. The standard InChI is InChI=1S/C28H34Cl2N8O3S/c1-19(23-5-4-22(29)13-24(23)30)38-28-27(25(14-31)34-38)32-15-26(33-28)36-17-21(18-36)20-3-2-6-35(16-20)9-12-42(39,40)37-7-10-41-11-8-37/h4-5,13,15,19-21H,2-3,6-12,16-18H2,1H3. The van der Waals surface area contributed by atoms with E-state index >= 15 is 0 Å². The van der Waals surface area contributed by atoms with Crippen LogP contribution in [0.4, 0.5) is 5.82 Å². The van der Waals surface area contributed by atoms with Gasteiger partial charge < -0.3 is 14.5 Å². The van der Waals surface area contributed by atoms with E-state index in [1.165, 1.54) is 0 Å². The fraction of sp³-hybridized carbons (Fsp3) is 0.571. The van der Waals surface area contributed by atoms with Gasteiger partial charge in [0.25, 0.3) is 0 Å². The van der Waals surface area contributed by atoms with Gasteiger partial charge in [-0.05, 0) is 55.8 Å². The largest absolute Gasteiger partial charge is 0.379 e. The van der Waals surface area contributed by atoms with Crippen LogP contribution < -0.4 is 4.90 Å². The van der Waals surface area contributed by atoms with E-state index in [0.717, 1.165) is 50.4 Å². The Morgan fingerprint density at radius 1 is 1.14 bits per heavy atom. The van der Waals surface area contributed by atoms with Gasteiger partial charge in [0.15, 0.2) is 11.3 Å². The lowest BCUT2D eigenvalue weighted by Gasteiger charge is -2.47. The molecule has 0 bridgehead atoms. The van der Waals surface area contributed by atoms with Crippen LogP contribution in [0, 0.1) is 23.2 Å². The van der Waals surface area contributed by atoms with Crippen LogP contribution in [0.3, 0.4) is 0 Å². The zero-order valence-corrected chi connectivity index (χ0v) is 25.8. The van der Waals surface area contributed by atoms with Crippen molar-refractivity contribution >= 4 is 50.2 Å². The molecule has 0 radical (unpaired) electrons. The first-order valence-corrected chi connectivity index (χ1v) is 16.7. The van der Waals surface area contributed by atoms with Gasteiger partial charge >= 0.3 is 0 Å². The zero-order chi connectivity index (χ0) is 29.4. The van der Waals surface area contributed by atoms with Gasteiger partial charge in [0.05, 0.1) is 31.2 Å². The Kier molecular flexibility index (Phi) is 8.60. The first-order chi connectivity index (χ1) is 20.2. The third-order valence-electron chi connectivity index (χ3n) is 8.75. The van der Waals surface area contributed by atoms with Gasteiger partial charge in [0.1, 0.15) is 17.4 Å². The van der Waals surface area contributed by atoms with Crippen LogP contribution in [0.15, 0.2) is 24.4 Å². The molecule has 0 spiro atoms. The normalized spacial score (nSPS) is 21.8. The number of nitriles is 1. The summed E-state index contributed by atoms with van der Waals surface area (Å²) >= 11 is 12.6. The maximum absolute atomic E-state index is 12.8. The van der Waals surface area contributed by atoms with E-state index in [-0.39, 0.29) is 17.5 Å². The first kappa shape index (κ1) is 29.5. The summed E-state index contributed by atoms with van der Waals surface area (Å²) in [6.07, 6.45) is 3.94. The van der Waals surface area contributed by atoms with Crippen molar-refractivity contribution in [3.8, 4) is 6.07 Å². The van der Waals surface area contributed by atoms with Crippen LogP contribution in [-0.2, 0) is 14.8 Å². The molecule has 2 unspecified atom stereocenters. The molecule has 3 aromatic rings. The second kappa shape index (κ2) is 12.2. The number of hydrogen-bond acceptors (Lipinski definition) is 9. The molecular formula is C28H34Cl2N8O3S. The van der Waals surface area contributed by atoms with Gasteiger partial charge in [0.2, 0.25) is 10.0 Å². The van der Waals surface area contributed by atoms with Gasteiger partial charge in [-0.25, -0.2) is 23.1 Å². The molecule has 0 aliphatic carbocycles. The molecule has 5 heterocycles. The Labute approximate surface area is 256 Å². The molecule has 3 aliphatic heterocycles. The Balaban J connectivity index is 1.11. The summed E-state index contributed by atoms with van der Waals surface area (Å²) in [5.74, 6) is 1.93. The number of aromatic nitrogens is 4. The molecular weight excluding hydrogens is 599 g/mol. The number of sulfonamides is 1. The lowest BCUT2D eigenvalue weighted by atomic mass is 9.80. The highest BCUT2D eigenvalue weighted by Crippen LogP contribution is 2.35. The summed E-state index contributed by atoms with van der Waals surface area (Å²) in [4.78, 5) is 14.0. The van der Waals surface area contributed by atoms with E-state index in [1.807, 2.05) is 13.0 Å². The number of piperidine rings is 1. The van der Waals surface area contributed by atoms with E-state index in [4.69, 9.17) is 32.9 Å².